The molecule has 0 spiro atoms. The maximum Gasteiger partial charge on any atom is 0.177 e. The van der Waals surface area contributed by atoms with Gasteiger partial charge in [-0.25, -0.2) is 12.8 Å². The van der Waals surface area contributed by atoms with Crippen LogP contribution in [0.3, 0.4) is 0 Å². The van der Waals surface area contributed by atoms with E-state index in [1.807, 2.05) is 0 Å². The van der Waals surface area contributed by atoms with E-state index in [0.717, 1.165) is 6.26 Å². The molecule has 5 heteroatoms. The van der Waals surface area contributed by atoms with Crippen molar-refractivity contribution in [1.82, 2.24) is 0 Å². The highest BCUT2D eigenvalue weighted by atomic mass is 32.2. The summed E-state index contributed by atoms with van der Waals surface area (Å²) in [5.41, 5.74) is 0.974. The van der Waals surface area contributed by atoms with Crippen LogP contribution in [0.25, 0.3) is 0 Å². The van der Waals surface area contributed by atoms with Crippen molar-refractivity contribution in [3.63, 3.8) is 0 Å². The van der Waals surface area contributed by atoms with Crippen LogP contribution in [0.15, 0.2) is 53.4 Å². The lowest BCUT2D eigenvalue weighted by Crippen LogP contribution is -2.11. The van der Waals surface area contributed by atoms with E-state index in [-0.39, 0.29) is 16.8 Å². The quantitative estimate of drug-likeness (QED) is 0.939. The molecule has 2 aromatic carbocycles. The molecule has 0 aliphatic heterocycles. The predicted molar refractivity (Wildman–Crippen MR) is 78.0 cm³/mol. The van der Waals surface area contributed by atoms with E-state index in [1.54, 1.807) is 43.3 Å². The van der Waals surface area contributed by atoms with E-state index in [0.29, 0.717) is 11.3 Å². The molecule has 0 amide bonds. The van der Waals surface area contributed by atoms with Crippen LogP contribution in [0.5, 0.6) is 0 Å². The van der Waals surface area contributed by atoms with Gasteiger partial charge in [-0.3, -0.25) is 0 Å². The second-order valence-electron chi connectivity index (χ2n) is 4.66. The standard InChI is InChI=1S/C15H16FNO2S/c1-11(12-7-3-4-8-13(12)16)17-14-9-5-6-10-15(14)20(2,18)19/h3-11,17H,1-2H3. The number of halogens is 1. The van der Waals surface area contributed by atoms with Gasteiger partial charge >= 0.3 is 0 Å². The highest BCUT2D eigenvalue weighted by Crippen LogP contribution is 2.26. The molecule has 0 saturated heterocycles. The number of anilines is 1. The molecule has 0 fully saturated rings. The zero-order chi connectivity index (χ0) is 14.8. The summed E-state index contributed by atoms with van der Waals surface area (Å²) >= 11 is 0. The van der Waals surface area contributed by atoms with Gasteiger partial charge in [0.05, 0.1) is 16.6 Å². The Morgan fingerprint density at radius 1 is 1.05 bits per heavy atom. The van der Waals surface area contributed by atoms with Gasteiger partial charge < -0.3 is 5.32 Å². The molecule has 0 aliphatic rings. The van der Waals surface area contributed by atoms with Gasteiger partial charge in [0.2, 0.25) is 0 Å². The van der Waals surface area contributed by atoms with E-state index < -0.39 is 9.84 Å². The summed E-state index contributed by atoms with van der Waals surface area (Å²) in [5, 5.41) is 3.05. The second kappa shape index (κ2) is 5.63. The second-order valence-corrected chi connectivity index (χ2v) is 6.64. The zero-order valence-corrected chi connectivity index (χ0v) is 12.1. The van der Waals surface area contributed by atoms with Crippen LogP contribution in [0, 0.1) is 5.82 Å². The fourth-order valence-corrected chi connectivity index (χ4v) is 2.90. The van der Waals surface area contributed by atoms with Gasteiger partial charge in [-0.15, -0.1) is 0 Å². The Bertz CT molecular complexity index is 713. The Kier molecular flexibility index (Phi) is 4.09. The summed E-state index contributed by atoms with van der Waals surface area (Å²) in [7, 11) is -3.33. The van der Waals surface area contributed by atoms with Crippen LogP contribution in [0.1, 0.15) is 18.5 Å². The summed E-state index contributed by atoms with van der Waals surface area (Å²) < 4.78 is 37.2. The fourth-order valence-electron chi connectivity index (χ4n) is 2.05. The minimum atomic E-state index is -3.33. The minimum Gasteiger partial charge on any atom is -0.377 e. The summed E-state index contributed by atoms with van der Waals surface area (Å²) in [6, 6.07) is 12.7. The lowest BCUT2D eigenvalue weighted by Gasteiger charge is -2.18. The van der Waals surface area contributed by atoms with Gasteiger partial charge in [0.25, 0.3) is 0 Å². The van der Waals surface area contributed by atoms with Crippen molar-refractivity contribution in [3.8, 4) is 0 Å². The van der Waals surface area contributed by atoms with Gasteiger partial charge in [-0.05, 0) is 25.1 Å². The number of hydrogen-bond donors (Lipinski definition) is 1. The lowest BCUT2D eigenvalue weighted by molar-refractivity contribution is 0.599. The average molecular weight is 293 g/mol. The number of nitrogens with one attached hydrogen (secondary N) is 1. The molecule has 3 nitrogen and oxygen atoms in total. The molecule has 2 rings (SSSR count). The van der Waals surface area contributed by atoms with Crippen molar-refractivity contribution < 1.29 is 12.8 Å². The highest BCUT2D eigenvalue weighted by Gasteiger charge is 2.16. The number of rotatable bonds is 4. The molecule has 106 valence electrons. The summed E-state index contributed by atoms with van der Waals surface area (Å²) in [5.74, 6) is -0.315. The van der Waals surface area contributed by atoms with E-state index in [2.05, 4.69) is 5.32 Å². The Morgan fingerprint density at radius 2 is 1.65 bits per heavy atom. The van der Waals surface area contributed by atoms with Gasteiger partial charge in [0, 0.05) is 11.8 Å². The van der Waals surface area contributed by atoms with Crippen LogP contribution in [0.4, 0.5) is 10.1 Å². The van der Waals surface area contributed by atoms with Crippen molar-refractivity contribution in [3.05, 3.63) is 59.9 Å². The first-order valence-electron chi connectivity index (χ1n) is 6.19. The van der Waals surface area contributed by atoms with Crippen LogP contribution < -0.4 is 5.32 Å². The summed E-state index contributed by atoms with van der Waals surface area (Å²) in [6.07, 6.45) is 1.15. The monoisotopic (exact) mass is 293 g/mol. The number of sulfone groups is 1. The third kappa shape index (κ3) is 3.17. The number of para-hydroxylation sites is 1. The third-order valence-corrected chi connectivity index (χ3v) is 4.19. The van der Waals surface area contributed by atoms with Gasteiger partial charge in [0.1, 0.15) is 5.82 Å². The average Bonchev–Trinajstić information content (AvgIpc) is 2.38. The van der Waals surface area contributed by atoms with Crippen molar-refractivity contribution in [2.45, 2.75) is 17.9 Å². The SMILES string of the molecule is CC(Nc1ccccc1S(C)(=O)=O)c1ccccc1F. The Morgan fingerprint density at radius 3 is 2.30 bits per heavy atom. The molecule has 2 aromatic rings. The molecule has 0 heterocycles. The molecular weight excluding hydrogens is 277 g/mol. The molecule has 20 heavy (non-hydrogen) atoms. The third-order valence-electron chi connectivity index (χ3n) is 3.03. The molecule has 1 N–H and O–H groups in total. The van der Waals surface area contributed by atoms with Gasteiger partial charge in [0.15, 0.2) is 9.84 Å². The molecule has 0 saturated carbocycles. The van der Waals surface area contributed by atoms with Crippen molar-refractivity contribution in [2.75, 3.05) is 11.6 Å². The summed E-state index contributed by atoms with van der Waals surface area (Å²) in [4.78, 5) is 0.211. The van der Waals surface area contributed by atoms with E-state index in [1.165, 1.54) is 12.1 Å². The molecule has 1 atom stereocenters. The molecule has 0 bridgehead atoms. The molecule has 0 radical (unpaired) electrons. The highest BCUT2D eigenvalue weighted by molar-refractivity contribution is 7.90. The van der Waals surface area contributed by atoms with E-state index >= 15 is 0 Å². The first kappa shape index (κ1) is 14.5. The summed E-state index contributed by atoms with van der Waals surface area (Å²) in [6.45, 7) is 1.79. The molecule has 0 aromatic heterocycles. The van der Waals surface area contributed by atoms with Crippen molar-refractivity contribution >= 4 is 15.5 Å². The first-order chi connectivity index (χ1) is 9.39. The maximum absolute atomic E-state index is 13.7. The number of hydrogen-bond acceptors (Lipinski definition) is 3. The fraction of sp³-hybridized carbons (Fsp3) is 0.200. The van der Waals surface area contributed by atoms with E-state index in [9.17, 15) is 12.8 Å². The largest absolute Gasteiger partial charge is 0.377 e. The minimum absolute atomic E-state index is 0.211. The smallest absolute Gasteiger partial charge is 0.177 e. The first-order valence-corrected chi connectivity index (χ1v) is 8.09. The molecule has 0 aliphatic carbocycles. The van der Waals surface area contributed by atoms with Crippen LogP contribution in [0.2, 0.25) is 0 Å². The van der Waals surface area contributed by atoms with Crippen molar-refractivity contribution in [1.29, 1.82) is 0 Å². The molecule has 1 unspecified atom stereocenters. The normalized spacial score (nSPS) is 12.9. The Balaban J connectivity index is 2.34. The lowest BCUT2D eigenvalue weighted by atomic mass is 10.1. The van der Waals surface area contributed by atoms with Crippen molar-refractivity contribution in [2.24, 2.45) is 0 Å². The van der Waals surface area contributed by atoms with E-state index in [4.69, 9.17) is 0 Å². The topological polar surface area (TPSA) is 46.2 Å². The Hall–Kier alpha value is -1.88. The van der Waals surface area contributed by atoms with Crippen LogP contribution in [-0.4, -0.2) is 14.7 Å². The van der Waals surface area contributed by atoms with Crippen LogP contribution in [-0.2, 0) is 9.84 Å². The Labute approximate surface area is 118 Å². The van der Waals surface area contributed by atoms with Crippen LogP contribution >= 0.6 is 0 Å². The van der Waals surface area contributed by atoms with Gasteiger partial charge in [-0.1, -0.05) is 30.3 Å². The molecular formula is C15H16FNO2S. The number of benzene rings is 2. The predicted octanol–water partition coefficient (Wildman–Crippen LogP) is 3.40. The zero-order valence-electron chi connectivity index (χ0n) is 11.3. The van der Waals surface area contributed by atoms with Gasteiger partial charge in [-0.2, -0.15) is 0 Å². The maximum atomic E-state index is 13.7.